The van der Waals surface area contributed by atoms with Gasteiger partial charge in [-0.2, -0.15) is 0 Å². The molecule has 1 aliphatic rings. The predicted octanol–water partition coefficient (Wildman–Crippen LogP) is 5.40. The lowest BCUT2D eigenvalue weighted by atomic mass is 10.1. The van der Waals surface area contributed by atoms with Gasteiger partial charge in [-0.05, 0) is 46.3 Å². The summed E-state index contributed by atoms with van der Waals surface area (Å²) in [7, 11) is 0. The van der Waals surface area contributed by atoms with Crippen LogP contribution in [-0.2, 0) is 0 Å². The van der Waals surface area contributed by atoms with Crippen LogP contribution in [0.15, 0.2) is 21.0 Å². The molecule has 2 aromatic heterocycles. The van der Waals surface area contributed by atoms with Crippen LogP contribution in [0.25, 0.3) is 11.6 Å². The minimum Gasteiger partial charge on any atom is -0.457 e. The number of rotatable bonds is 3. The molecule has 20 heavy (non-hydrogen) atoms. The van der Waals surface area contributed by atoms with Crippen molar-refractivity contribution in [3.05, 3.63) is 33.2 Å². The molecular weight excluding hydrogens is 340 g/mol. The van der Waals surface area contributed by atoms with Crippen LogP contribution in [0.5, 0.6) is 0 Å². The van der Waals surface area contributed by atoms with Crippen molar-refractivity contribution in [1.29, 1.82) is 0 Å². The summed E-state index contributed by atoms with van der Waals surface area (Å²) in [6.45, 7) is 6.38. The first kappa shape index (κ1) is 14.1. The maximum absolute atomic E-state index is 6.18. The summed E-state index contributed by atoms with van der Waals surface area (Å²) in [5, 5.41) is 0.427. The molecule has 3 rings (SSSR count). The first-order valence-electron chi connectivity index (χ1n) is 6.80. The highest BCUT2D eigenvalue weighted by Gasteiger charge is 2.36. The van der Waals surface area contributed by atoms with Gasteiger partial charge in [0.1, 0.15) is 10.9 Å². The predicted molar refractivity (Wildman–Crippen MR) is 83.1 cm³/mol. The summed E-state index contributed by atoms with van der Waals surface area (Å²) in [6.07, 6.45) is 1.20. The van der Waals surface area contributed by atoms with Gasteiger partial charge in [-0.25, -0.2) is 9.97 Å². The Hall–Kier alpha value is -0.870. The van der Waals surface area contributed by atoms with Crippen molar-refractivity contribution in [2.75, 3.05) is 0 Å². The van der Waals surface area contributed by atoms with E-state index in [1.807, 2.05) is 12.1 Å². The van der Waals surface area contributed by atoms with Gasteiger partial charge in [-0.3, -0.25) is 0 Å². The molecule has 0 N–H and O–H groups in total. The Morgan fingerprint density at radius 3 is 2.65 bits per heavy atom. The van der Waals surface area contributed by atoms with Gasteiger partial charge >= 0.3 is 0 Å². The van der Waals surface area contributed by atoms with E-state index in [1.165, 1.54) is 6.42 Å². The van der Waals surface area contributed by atoms with Crippen molar-refractivity contribution in [1.82, 2.24) is 9.97 Å². The molecule has 1 fully saturated rings. The fourth-order valence-electron chi connectivity index (χ4n) is 2.32. The molecule has 0 saturated heterocycles. The standard InChI is InChI=1S/C15H16BrClN2O/c1-7(2)13-12(16)14(17)19-15(18-13)11-5-4-10(20-11)9-6-8(9)3/h4-5,7-9H,6H2,1-3H3. The van der Waals surface area contributed by atoms with Crippen molar-refractivity contribution in [2.45, 2.75) is 39.0 Å². The molecular formula is C15H16BrClN2O. The minimum absolute atomic E-state index is 0.265. The van der Waals surface area contributed by atoms with Crippen LogP contribution in [0.4, 0.5) is 0 Å². The fraction of sp³-hybridized carbons (Fsp3) is 0.467. The first-order valence-corrected chi connectivity index (χ1v) is 7.97. The molecule has 0 aromatic carbocycles. The molecule has 0 aliphatic heterocycles. The Labute approximate surface area is 131 Å². The van der Waals surface area contributed by atoms with E-state index in [2.05, 4.69) is 46.7 Å². The highest BCUT2D eigenvalue weighted by atomic mass is 79.9. The topological polar surface area (TPSA) is 38.9 Å². The lowest BCUT2D eigenvalue weighted by Gasteiger charge is -2.09. The van der Waals surface area contributed by atoms with Gasteiger partial charge in [0.25, 0.3) is 0 Å². The quantitative estimate of drug-likeness (QED) is 0.692. The monoisotopic (exact) mass is 354 g/mol. The third kappa shape index (κ3) is 2.51. The summed E-state index contributed by atoms with van der Waals surface area (Å²) >= 11 is 9.62. The van der Waals surface area contributed by atoms with Gasteiger partial charge in [0.05, 0.1) is 10.2 Å². The molecule has 106 valence electrons. The molecule has 0 bridgehead atoms. The van der Waals surface area contributed by atoms with E-state index in [0.717, 1.165) is 21.8 Å². The van der Waals surface area contributed by atoms with E-state index in [4.69, 9.17) is 16.0 Å². The van der Waals surface area contributed by atoms with E-state index in [-0.39, 0.29) is 5.92 Å². The lowest BCUT2D eigenvalue weighted by Crippen LogP contribution is -2.00. The van der Waals surface area contributed by atoms with Crippen molar-refractivity contribution < 1.29 is 4.42 Å². The molecule has 0 amide bonds. The second kappa shape index (κ2) is 5.15. The van der Waals surface area contributed by atoms with Gasteiger partial charge in [-0.1, -0.05) is 32.4 Å². The molecule has 1 aliphatic carbocycles. The zero-order valence-electron chi connectivity index (χ0n) is 11.7. The molecule has 2 unspecified atom stereocenters. The van der Waals surface area contributed by atoms with Crippen molar-refractivity contribution in [3.63, 3.8) is 0 Å². The number of hydrogen-bond acceptors (Lipinski definition) is 3. The average molecular weight is 356 g/mol. The summed E-state index contributed by atoms with van der Waals surface area (Å²) in [5.41, 5.74) is 0.901. The van der Waals surface area contributed by atoms with Gasteiger partial charge < -0.3 is 4.42 Å². The molecule has 0 spiro atoms. The zero-order valence-corrected chi connectivity index (χ0v) is 14.0. The zero-order chi connectivity index (χ0) is 14.4. The molecule has 5 heteroatoms. The van der Waals surface area contributed by atoms with Crippen LogP contribution in [0.1, 0.15) is 50.5 Å². The Morgan fingerprint density at radius 1 is 1.35 bits per heavy atom. The number of halogens is 2. The molecule has 3 nitrogen and oxygen atoms in total. The summed E-state index contributed by atoms with van der Waals surface area (Å²) < 4.78 is 6.66. The van der Waals surface area contributed by atoms with Gasteiger partial charge in [0.15, 0.2) is 11.6 Å². The van der Waals surface area contributed by atoms with Crippen LogP contribution in [-0.4, -0.2) is 9.97 Å². The second-order valence-corrected chi connectivity index (χ2v) is 6.86. The number of hydrogen-bond donors (Lipinski definition) is 0. The smallest absolute Gasteiger partial charge is 0.197 e. The number of aromatic nitrogens is 2. The Kier molecular flexibility index (Phi) is 3.63. The molecule has 0 radical (unpaired) electrons. The van der Waals surface area contributed by atoms with Crippen LogP contribution in [0.2, 0.25) is 5.15 Å². The van der Waals surface area contributed by atoms with Crippen LogP contribution in [0, 0.1) is 5.92 Å². The minimum atomic E-state index is 0.265. The Balaban J connectivity index is 1.99. The number of nitrogens with zero attached hydrogens (tertiary/aromatic N) is 2. The average Bonchev–Trinajstić information content (AvgIpc) is 2.93. The Morgan fingerprint density at radius 2 is 2.05 bits per heavy atom. The van der Waals surface area contributed by atoms with Crippen LogP contribution >= 0.6 is 27.5 Å². The van der Waals surface area contributed by atoms with Crippen LogP contribution < -0.4 is 0 Å². The maximum atomic E-state index is 6.18. The van der Waals surface area contributed by atoms with E-state index < -0.39 is 0 Å². The second-order valence-electron chi connectivity index (χ2n) is 5.71. The third-order valence-electron chi connectivity index (χ3n) is 3.71. The summed E-state index contributed by atoms with van der Waals surface area (Å²) in [4.78, 5) is 8.89. The number of furan rings is 1. The highest BCUT2D eigenvalue weighted by Crippen LogP contribution is 2.48. The van der Waals surface area contributed by atoms with E-state index in [0.29, 0.717) is 22.7 Å². The van der Waals surface area contributed by atoms with E-state index in [1.54, 1.807) is 0 Å². The van der Waals surface area contributed by atoms with Gasteiger partial charge in [0, 0.05) is 5.92 Å². The maximum Gasteiger partial charge on any atom is 0.197 e. The highest BCUT2D eigenvalue weighted by molar-refractivity contribution is 9.10. The van der Waals surface area contributed by atoms with Crippen molar-refractivity contribution >= 4 is 27.5 Å². The van der Waals surface area contributed by atoms with Gasteiger partial charge in [-0.15, -0.1) is 0 Å². The normalized spacial score (nSPS) is 21.5. The van der Waals surface area contributed by atoms with Crippen LogP contribution in [0.3, 0.4) is 0 Å². The summed E-state index contributed by atoms with van der Waals surface area (Å²) in [5.74, 6) is 3.81. The Bertz CT molecular complexity index is 653. The molecule has 2 aromatic rings. The van der Waals surface area contributed by atoms with E-state index >= 15 is 0 Å². The first-order chi connectivity index (χ1) is 9.47. The van der Waals surface area contributed by atoms with E-state index in [9.17, 15) is 0 Å². The van der Waals surface area contributed by atoms with Crippen molar-refractivity contribution in [3.8, 4) is 11.6 Å². The van der Waals surface area contributed by atoms with Gasteiger partial charge in [0.2, 0.25) is 0 Å². The molecule has 1 saturated carbocycles. The SMILES string of the molecule is CC(C)c1nc(-c2ccc(C3CC3C)o2)nc(Cl)c1Br. The third-order valence-corrected chi connectivity index (χ3v) is 4.99. The largest absolute Gasteiger partial charge is 0.457 e. The summed E-state index contributed by atoms with van der Waals surface area (Å²) in [6, 6.07) is 3.96. The molecule has 2 heterocycles. The fourth-order valence-corrected chi connectivity index (χ4v) is 3.13. The van der Waals surface area contributed by atoms with Crippen molar-refractivity contribution in [2.24, 2.45) is 5.92 Å². The molecule has 2 atom stereocenters. The lowest BCUT2D eigenvalue weighted by molar-refractivity contribution is 0.514.